The Morgan fingerprint density at radius 3 is 2.20 bits per heavy atom. The van der Waals surface area contributed by atoms with Gasteiger partial charge in [-0.25, -0.2) is 8.78 Å². The summed E-state index contributed by atoms with van der Waals surface area (Å²) in [7, 11) is 0. The van der Waals surface area contributed by atoms with Gasteiger partial charge in [-0.1, -0.05) is 39.0 Å². The van der Waals surface area contributed by atoms with Gasteiger partial charge in [0.2, 0.25) is 0 Å². The Kier molecular flexibility index (Phi) is 11.4. The molecule has 0 N–H and O–H groups in total. The van der Waals surface area contributed by atoms with Gasteiger partial charge in [0, 0.05) is 19.0 Å². The van der Waals surface area contributed by atoms with Crippen LogP contribution in [0, 0.1) is 11.6 Å². The monoisotopic (exact) mass is 551 g/mol. The maximum Gasteiger partial charge on any atom is 0.274 e. The number of likely N-dealkylation sites (N-methyl/N-ethyl adjacent to an activating group) is 1. The maximum absolute atomic E-state index is 14.4. The van der Waals surface area contributed by atoms with Crippen LogP contribution >= 0.6 is 0 Å². The van der Waals surface area contributed by atoms with Crippen molar-refractivity contribution < 1.29 is 23.2 Å². The lowest BCUT2D eigenvalue weighted by Gasteiger charge is -2.34. The fraction of sp³-hybridized carbons (Fsp3) is 0.367. The molecule has 0 saturated heterocycles. The summed E-state index contributed by atoms with van der Waals surface area (Å²) < 4.78 is 28.7. The number of amides is 1. The molecule has 1 aromatic carbocycles. The lowest BCUT2D eigenvalue weighted by Crippen LogP contribution is -2.43. The molecule has 2 atom stereocenters. The molecule has 212 valence electrons. The molecule has 5 rings (SSSR count). The van der Waals surface area contributed by atoms with Crippen molar-refractivity contribution in [1.29, 1.82) is 0 Å². The van der Waals surface area contributed by atoms with E-state index in [2.05, 4.69) is 27.0 Å². The smallest absolute Gasteiger partial charge is 0.274 e. The maximum atomic E-state index is 14.4. The number of hydrogen-bond acceptors (Lipinski definition) is 7. The van der Waals surface area contributed by atoms with Gasteiger partial charge >= 0.3 is 0 Å². The van der Waals surface area contributed by atoms with Crippen LogP contribution in [0.3, 0.4) is 0 Å². The number of carbonyl (C=O) groups is 3. The van der Waals surface area contributed by atoms with Crippen LogP contribution in [0.15, 0.2) is 48.6 Å². The van der Waals surface area contributed by atoms with Crippen molar-refractivity contribution in [2.75, 3.05) is 13.1 Å². The zero-order chi connectivity index (χ0) is 30.0. The Morgan fingerprint density at radius 2 is 1.65 bits per heavy atom. The second-order valence-electron chi connectivity index (χ2n) is 8.91. The van der Waals surface area contributed by atoms with Gasteiger partial charge in [-0.3, -0.25) is 4.79 Å². The zero-order valence-corrected chi connectivity index (χ0v) is 23.4. The Hall–Kier alpha value is -4.21. The molecular weight excluding hydrogens is 516 g/mol. The third kappa shape index (κ3) is 5.71. The molecule has 0 radical (unpaired) electrons. The van der Waals surface area contributed by atoms with Crippen LogP contribution in [0.4, 0.5) is 8.78 Å². The minimum absolute atomic E-state index is 0.0246. The van der Waals surface area contributed by atoms with E-state index in [1.807, 2.05) is 47.3 Å². The molecule has 1 saturated carbocycles. The molecule has 2 aliphatic carbocycles. The van der Waals surface area contributed by atoms with Gasteiger partial charge in [-0.15, -0.1) is 10.2 Å². The van der Waals surface area contributed by atoms with E-state index < -0.39 is 17.0 Å². The fourth-order valence-corrected chi connectivity index (χ4v) is 5.31. The largest absolute Gasteiger partial charge is 0.336 e. The minimum atomic E-state index is -0.677. The Morgan fingerprint density at radius 1 is 1.00 bits per heavy atom. The van der Waals surface area contributed by atoms with E-state index in [-0.39, 0.29) is 23.1 Å². The number of carbonyl (C=O) groups excluding carboxylic acids is 3. The van der Waals surface area contributed by atoms with E-state index >= 15 is 0 Å². The Bertz CT molecular complexity index is 1310. The van der Waals surface area contributed by atoms with Crippen molar-refractivity contribution in [3.8, 4) is 11.3 Å². The molecule has 2 bridgehead atoms. The molecule has 3 aromatic rings. The molecule has 1 amide bonds. The van der Waals surface area contributed by atoms with E-state index in [0.717, 1.165) is 41.8 Å². The molecule has 0 spiro atoms. The third-order valence-corrected chi connectivity index (χ3v) is 7.20. The van der Waals surface area contributed by atoms with Crippen LogP contribution in [-0.4, -0.2) is 57.9 Å². The molecule has 8 nitrogen and oxygen atoms in total. The van der Waals surface area contributed by atoms with Crippen LogP contribution in [0.1, 0.15) is 73.9 Å². The third-order valence-electron chi connectivity index (χ3n) is 7.20. The topological polar surface area (TPSA) is 106 Å². The van der Waals surface area contributed by atoms with Crippen LogP contribution < -0.4 is 0 Å². The molecule has 0 unspecified atom stereocenters. The number of benzene rings is 1. The van der Waals surface area contributed by atoms with Gasteiger partial charge < -0.3 is 14.5 Å². The lowest BCUT2D eigenvalue weighted by molar-refractivity contribution is -0.0987. The number of aromatic nitrogens is 4. The van der Waals surface area contributed by atoms with Gasteiger partial charge in [-0.05, 0) is 62.1 Å². The number of rotatable bonds is 6. The van der Waals surface area contributed by atoms with Gasteiger partial charge in [0.1, 0.15) is 25.2 Å². The van der Waals surface area contributed by atoms with Gasteiger partial charge in [0.25, 0.3) is 5.91 Å². The first-order chi connectivity index (χ1) is 19.4. The SMILES string of the molecule is C=C1[C@H]2CC[C@]1(CN(CC)C(=O)c1ccc(CC)nn1)c1nnc(-c3c(F)cccc3F)cc12.C=O.C=O.CC. The Balaban J connectivity index is 0.000000876. The highest BCUT2D eigenvalue weighted by Gasteiger charge is 2.55. The summed E-state index contributed by atoms with van der Waals surface area (Å²) in [5.74, 6) is -1.53. The van der Waals surface area contributed by atoms with E-state index in [9.17, 15) is 13.6 Å². The minimum Gasteiger partial charge on any atom is -0.336 e. The van der Waals surface area contributed by atoms with Crippen molar-refractivity contribution in [1.82, 2.24) is 25.3 Å². The standard InChI is InChI=1S/C26H25F2N5O.C2H6.2CH2O/c1-4-16-9-10-21(30-29-16)25(34)33(5-2)14-26-12-11-17(15(26)3)18-13-22(31-32-24(18)26)23-19(27)7-6-8-20(23)28;3*1-2/h6-10,13,17H,3-5,11-12,14H2,1-2H3;1-2H3;2*1H2/t17-,26-;;;/m1.../s1. The van der Waals surface area contributed by atoms with Crippen molar-refractivity contribution in [3.63, 3.8) is 0 Å². The highest BCUT2D eigenvalue weighted by Crippen LogP contribution is 2.60. The van der Waals surface area contributed by atoms with E-state index in [4.69, 9.17) is 9.59 Å². The summed E-state index contributed by atoms with van der Waals surface area (Å²) in [6.07, 6.45) is 2.38. The second kappa shape index (κ2) is 14.3. The molecule has 2 aromatic heterocycles. The summed E-state index contributed by atoms with van der Waals surface area (Å²) in [6.45, 7) is 17.1. The molecule has 1 fully saturated rings. The summed E-state index contributed by atoms with van der Waals surface area (Å²) in [5.41, 5.74) is 3.17. The lowest BCUT2D eigenvalue weighted by atomic mass is 9.80. The van der Waals surface area contributed by atoms with Crippen molar-refractivity contribution in [2.24, 2.45) is 0 Å². The average Bonchev–Trinajstić information content (AvgIpc) is 3.45. The summed E-state index contributed by atoms with van der Waals surface area (Å²) in [6, 6.07) is 8.99. The first-order valence-electron chi connectivity index (χ1n) is 13.1. The zero-order valence-electron chi connectivity index (χ0n) is 23.4. The van der Waals surface area contributed by atoms with Gasteiger partial charge in [-0.2, -0.15) is 10.2 Å². The average molecular weight is 552 g/mol. The number of halogens is 2. The quantitative estimate of drug-likeness (QED) is 0.384. The summed E-state index contributed by atoms with van der Waals surface area (Å²) in [5, 5.41) is 16.9. The van der Waals surface area contributed by atoms with Gasteiger partial charge in [0.05, 0.1) is 28.1 Å². The molecule has 0 aliphatic heterocycles. The molecule has 2 heterocycles. The summed E-state index contributed by atoms with van der Waals surface area (Å²) >= 11 is 0. The predicted molar refractivity (Wildman–Crippen MR) is 149 cm³/mol. The molecule has 2 aliphatic rings. The van der Waals surface area contributed by atoms with E-state index in [1.54, 1.807) is 17.0 Å². The highest BCUT2D eigenvalue weighted by molar-refractivity contribution is 5.92. The molecular formula is C30H35F2N5O3. The number of aryl methyl sites for hydroxylation is 1. The fourth-order valence-electron chi connectivity index (χ4n) is 5.31. The highest BCUT2D eigenvalue weighted by atomic mass is 19.1. The van der Waals surface area contributed by atoms with Crippen LogP contribution in [0.2, 0.25) is 0 Å². The van der Waals surface area contributed by atoms with Crippen molar-refractivity contribution in [2.45, 2.75) is 58.3 Å². The van der Waals surface area contributed by atoms with Crippen molar-refractivity contribution in [3.05, 3.63) is 82.8 Å². The first-order valence-corrected chi connectivity index (χ1v) is 13.1. The van der Waals surface area contributed by atoms with E-state index in [1.165, 1.54) is 18.2 Å². The first kappa shape index (κ1) is 32.0. The number of hydrogen-bond donors (Lipinski definition) is 0. The van der Waals surface area contributed by atoms with Crippen LogP contribution in [0.25, 0.3) is 11.3 Å². The van der Waals surface area contributed by atoms with Crippen molar-refractivity contribution >= 4 is 19.5 Å². The predicted octanol–water partition coefficient (Wildman–Crippen LogP) is 5.28. The van der Waals surface area contributed by atoms with Crippen LogP contribution in [-0.2, 0) is 21.4 Å². The summed E-state index contributed by atoms with van der Waals surface area (Å²) in [4.78, 5) is 31.0. The number of nitrogens with zero attached hydrogens (tertiary/aromatic N) is 5. The Labute approximate surface area is 233 Å². The molecule has 40 heavy (non-hydrogen) atoms. The number of fused-ring (bicyclic) bond motifs is 5. The second-order valence-corrected chi connectivity index (χ2v) is 8.91. The normalized spacial score (nSPS) is 17.8. The van der Waals surface area contributed by atoms with E-state index in [0.29, 0.717) is 18.8 Å². The molecule has 10 heteroatoms. The van der Waals surface area contributed by atoms with Gasteiger partial charge in [0.15, 0.2) is 5.69 Å². The van der Waals surface area contributed by atoms with Crippen LogP contribution in [0.5, 0.6) is 0 Å².